The van der Waals surface area contributed by atoms with E-state index in [0.29, 0.717) is 17.1 Å². The topological polar surface area (TPSA) is 47.6 Å². The van der Waals surface area contributed by atoms with Gasteiger partial charge in [-0.25, -0.2) is 0 Å². The van der Waals surface area contributed by atoms with Gasteiger partial charge in [0.05, 0.1) is 14.2 Å². The summed E-state index contributed by atoms with van der Waals surface area (Å²) < 4.78 is 11.5. The molecule has 0 fully saturated rings. The second kappa shape index (κ2) is 6.63. The molecule has 0 aliphatic rings. The summed E-state index contributed by atoms with van der Waals surface area (Å²) in [6.07, 6.45) is 0. The fourth-order valence-corrected chi connectivity index (χ4v) is 2.50. The Morgan fingerprint density at radius 2 is 1.71 bits per heavy atom. The van der Waals surface area contributed by atoms with Crippen molar-refractivity contribution in [3.63, 3.8) is 0 Å². The highest BCUT2D eigenvalue weighted by molar-refractivity contribution is 9.10. The lowest BCUT2D eigenvalue weighted by Gasteiger charge is -2.14. The lowest BCUT2D eigenvalue weighted by atomic mass is 10.1. The minimum absolute atomic E-state index is 0.269. The van der Waals surface area contributed by atoms with E-state index in [0.717, 1.165) is 15.7 Å². The normalized spacial score (nSPS) is 10.1. The highest BCUT2D eigenvalue weighted by Crippen LogP contribution is 2.29. The number of hydrogen-bond acceptors (Lipinski definition) is 3. The van der Waals surface area contributed by atoms with Gasteiger partial charge in [-0.1, -0.05) is 22.0 Å². The van der Waals surface area contributed by atoms with Crippen molar-refractivity contribution in [2.45, 2.75) is 6.92 Å². The van der Waals surface area contributed by atoms with E-state index in [9.17, 15) is 4.79 Å². The van der Waals surface area contributed by atoms with Crippen LogP contribution in [0.15, 0.2) is 40.9 Å². The zero-order valence-corrected chi connectivity index (χ0v) is 13.7. The third-order valence-corrected chi connectivity index (χ3v) is 3.58. The van der Waals surface area contributed by atoms with Crippen LogP contribution in [0.4, 0.5) is 5.69 Å². The Hall–Kier alpha value is -2.01. The van der Waals surface area contributed by atoms with Gasteiger partial charge in [-0.05, 0) is 42.8 Å². The maximum Gasteiger partial charge on any atom is 0.263 e. The molecule has 0 aliphatic carbocycles. The number of benzene rings is 2. The minimum atomic E-state index is -0.269. The van der Waals surface area contributed by atoms with Crippen LogP contribution >= 0.6 is 15.9 Å². The second-order valence-corrected chi connectivity index (χ2v) is 5.37. The average Bonchev–Trinajstić information content (AvgIpc) is 2.49. The molecule has 1 N–H and O–H groups in total. The van der Waals surface area contributed by atoms with Crippen molar-refractivity contribution >= 4 is 27.5 Å². The molecule has 0 heterocycles. The number of carbonyl (C=O) groups excluding carboxylic acids is 1. The van der Waals surface area contributed by atoms with Gasteiger partial charge >= 0.3 is 0 Å². The van der Waals surface area contributed by atoms with Gasteiger partial charge in [-0.15, -0.1) is 0 Å². The summed E-state index contributed by atoms with van der Waals surface area (Å²) >= 11 is 3.40. The molecule has 2 aromatic carbocycles. The third kappa shape index (κ3) is 3.36. The molecule has 0 unspecified atom stereocenters. The summed E-state index contributed by atoms with van der Waals surface area (Å²) in [5.74, 6) is 0.679. The standard InChI is InChI=1S/C16H16BrNO3/c1-10-9-11(17)7-8-12(10)18-16(19)15-13(20-2)5-4-6-14(15)21-3/h4-9H,1-3H3,(H,18,19). The predicted molar refractivity (Wildman–Crippen MR) is 86.4 cm³/mol. The maximum atomic E-state index is 12.5. The Balaban J connectivity index is 2.36. The molecule has 0 aliphatic heterocycles. The Bertz CT molecular complexity index is 648. The van der Waals surface area contributed by atoms with Gasteiger partial charge in [0.15, 0.2) is 0 Å². The van der Waals surface area contributed by atoms with Crippen molar-refractivity contribution in [2.75, 3.05) is 19.5 Å². The van der Waals surface area contributed by atoms with E-state index in [1.807, 2.05) is 25.1 Å². The number of hydrogen-bond donors (Lipinski definition) is 1. The molecule has 2 aromatic rings. The molecule has 0 radical (unpaired) electrons. The molecule has 21 heavy (non-hydrogen) atoms. The second-order valence-electron chi connectivity index (χ2n) is 4.45. The number of anilines is 1. The van der Waals surface area contributed by atoms with Gasteiger partial charge in [0, 0.05) is 10.2 Å². The van der Waals surface area contributed by atoms with Crippen LogP contribution in [-0.4, -0.2) is 20.1 Å². The molecular formula is C16H16BrNO3. The molecule has 0 bridgehead atoms. The molecule has 5 heteroatoms. The summed E-state index contributed by atoms with van der Waals surface area (Å²) in [5.41, 5.74) is 2.09. The number of methoxy groups -OCH3 is 2. The zero-order chi connectivity index (χ0) is 15.4. The van der Waals surface area contributed by atoms with Crippen LogP contribution in [0.5, 0.6) is 11.5 Å². The number of aryl methyl sites for hydroxylation is 1. The third-order valence-electron chi connectivity index (χ3n) is 3.09. The molecular weight excluding hydrogens is 334 g/mol. The smallest absolute Gasteiger partial charge is 0.263 e. The summed E-state index contributed by atoms with van der Waals surface area (Å²) in [5, 5.41) is 2.88. The molecule has 0 spiro atoms. The van der Waals surface area contributed by atoms with Crippen LogP contribution in [0.25, 0.3) is 0 Å². The number of rotatable bonds is 4. The summed E-state index contributed by atoms with van der Waals surface area (Å²) in [4.78, 5) is 12.5. The zero-order valence-electron chi connectivity index (χ0n) is 12.1. The average molecular weight is 350 g/mol. The SMILES string of the molecule is COc1cccc(OC)c1C(=O)Nc1ccc(Br)cc1C. The fourth-order valence-electron chi connectivity index (χ4n) is 2.03. The van der Waals surface area contributed by atoms with Gasteiger partial charge in [0.2, 0.25) is 0 Å². The monoisotopic (exact) mass is 349 g/mol. The van der Waals surface area contributed by atoms with Gasteiger partial charge in [0.1, 0.15) is 17.1 Å². The highest BCUT2D eigenvalue weighted by Gasteiger charge is 2.18. The van der Waals surface area contributed by atoms with Crippen molar-refractivity contribution in [3.8, 4) is 11.5 Å². The van der Waals surface area contributed by atoms with Crippen LogP contribution < -0.4 is 14.8 Å². The van der Waals surface area contributed by atoms with Crippen molar-refractivity contribution in [3.05, 3.63) is 52.0 Å². The van der Waals surface area contributed by atoms with E-state index in [4.69, 9.17) is 9.47 Å². The molecule has 0 saturated carbocycles. The molecule has 0 saturated heterocycles. The summed E-state index contributed by atoms with van der Waals surface area (Å²) in [6.45, 7) is 1.93. The molecule has 0 aromatic heterocycles. The molecule has 110 valence electrons. The van der Waals surface area contributed by atoms with Gasteiger partial charge in [0.25, 0.3) is 5.91 Å². The number of ether oxygens (including phenoxy) is 2. The van der Waals surface area contributed by atoms with Crippen molar-refractivity contribution in [1.82, 2.24) is 0 Å². The Morgan fingerprint density at radius 3 is 2.24 bits per heavy atom. The number of nitrogens with one attached hydrogen (secondary N) is 1. The maximum absolute atomic E-state index is 12.5. The predicted octanol–water partition coefficient (Wildman–Crippen LogP) is 4.03. The van der Waals surface area contributed by atoms with Gasteiger partial charge < -0.3 is 14.8 Å². The van der Waals surface area contributed by atoms with Crippen molar-refractivity contribution < 1.29 is 14.3 Å². The van der Waals surface area contributed by atoms with Crippen molar-refractivity contribution in [1.29, 1.82) is 0 Å². The van der Waals surface area contributed by atoms with E-state index in [1.165, 1.54) is 14.2 Å². The Kier molecular flexibility index (Phi) is 4.85. The lowest BCUT2D eigenvalue weighted by Crippen LogP contribution is -2.15. The first-order chi connectivity index (χ1) is 10.1. The van der Waals surface area contributed by atoms with E-state index < -0.39 is 0 Å². The first kappa shape index (κ1) is 15.4. The Morgan fingerprint density at radius 1 is 1.10 bits per heavy atom. The summed E-state index contributed by atoms with van der Waals surface area (Å²) in [6, 6.07) is 10.9. The van der Waals surface area contributed by atoms with E-state index in [1.54, 1.807) is 18.2 Å². The van der Waals surface area contributed by atoms with Crippen molar-refractivity contribution in [2.24, 2.45) is 0 Å². The van der Waals surface area contributed by atoms with E-state index >= 15 is 0 Å². The largest absolute Gasteiger partial charge is 0.496 e. The van der Waals surface area contributed by atoms with E-state index in [-0.39, 0.29) is 5.91 Å². The number of carbonyl (C=O) groups is 1. The summed E-state index contributed by atoms with van der Waals surface area (Å²) in [7, 11) is 3.05. The van der Waals surface area contributed by atoms with E-state index in [2.05, 4.69) is 21.2 Å². The number of halogens is 1. The van der Waals surface area contributed by atoms with Crippen LogP contribution in [0.2, 0.25) is 0 Å². The lowest BCUT2D eigenvalue weighted by molar-refractivity contribution is 0.102. The molecule has 0 atom stereocenters. The fraction of sp³-hybridized carbons (Fsp3) is 0.188. The molecule has 1 amide bonds. The minimum Gasteiger partial charge on any atom is -0.496 e. The first-order valence-corrected chi connectivity index (χ1v) is 7.14. The van der Waals surface area contributed by atoms with Crippen LogP contribution in [-0.2, 0) is 0 Å². The quantitative estimate of drug-likeness (QED) is 0.906. The number of amides is 1. The van der Waals surface area contributed by atoms with Crippen LogP contribution in [0.1, 0.15) is 15.9 Å². The molecule has 4 nitrogen and oxygen atoms in total. The molecule has 2 rings (SSSR count). The van der Waals surface area contributed by atoms with Crippen LogP contribution in [0, 0.1) is 6.92 Å². The van der Waals surface area contributed by atoms with Crippen LogP contribution in [0.3, 0.4) is 0 Å². The van der Waals surface area contributed by atoms with Gasteiger partial charge in [-0.3, -0.25) is 4.79 Å². The first-order valence-electron chi connectivity index (χ1n) is 6.35. The highest BCUT2D eigenvalue weighted by atomic mass is 79.9. The Labute approximate surface area is 132 Å². The van der Waals surface area contributed by atoms with Gasteiger partial charge in [-0.2, -0.15) is 0 Å².